The molecule has 2 rings (SSSR count). The molecule has 0 amide bonds. The topological polar surface area (TPSA) is 71.1 Å². The highest BCUT2D eigenvalue weighted by Crippen LogP contribution is 2.30. The molecule has 1 heterocycles. The fraction of sp³-hybridized carbons (Fsp3) is 0.769. The van der Waals surface area contributed by atoms with E-state index in [2.05, 4.69) is 21.9 Å². The molecule has 1 aromatic heterocycles. The average Bonchev–Trinajstić information content (AvgIpc) is 2.80. The first-order valence-corrected chi connectivity index (χ1v) is 9.60. The molecule has 0 aromatic carbocycles. The number of sulfonamides is 1. The lowest BCUT2D eigenvalue weighted by atomic mass is 10.0. The van der Waals surface area contributed by atoms with Crippen LogP contribution in [0.4, 0.5) is 5.13 Å². The first-order chi connectivity index (χ1) is 9.53. The molecule has 0 fully saturated rings. The van der Waals surface area contributed by atoms with Gasteiger partial charge in [0.1, 0.15) is 0 Å². The molecule has 20 heavy (non-hydrogen) atoms. The van der Waals surface area contributed by atoms with Gasteiger partial charge in [-0.15, -0.1) is 11.3 Å². The number of aryl methyl sites for hydroxylation is 2. The fourth-order valence-electron chi connectivity index (χ4n) is 2.21. The van der Waals surface area contributed by atoms with Gasteiger partial charge in [0.15, 0.2) is 5.13 Å². The molecule has 1 aliphatic carbocycles. The third-order valence-electron chi connectivity index (χ3n) is 3.46. The molecular formula is C13H23N3O2S2. The lowest BCUT2D eigenvalue weighted by Crippen LogP contribution is -2.35. The molecule has 0 radical (unpaired) electrons. The number of hydrogen-bond acceptors (Lipinski definition) is 5. The zero-order valence-electron chi connectivity index (χ0n) is 12.1. The predicted molar refractivity (Wildman–Crippen MR) is 83.9 cm³/mol. The molecule has 1 atom stereocenters. The van der Waals surface area contributed by atoms with Crippen LogP contribution in [-0.2, 0) is 22.9 Å². The van der Waals surface area contributed by atoms with Crippen LogP contribution in [0.25, 0.3) is 0 Å². The minimum atomic E-state index is -3.36. The molecule has 0 spiro atoms. The van der Waals surface area contributed by atoms with E-state index in [1.54, 1.807) is 6.92 Å². The maximum atomic E-state index is 12.2. The van der Waals surface area contributed by atoms with E-state index in [1.165, 1.54) is 22.6 Å². The number of rotatable bonds is 7. The van der Waals surface area contributed by atoms with E-state index in [1.807, 2.05) is 0 Å². The summed E-state index contributed by atoms with van der Waals surface area (Å²) in [4.78, 5) is 5.66. The van der Waals surface area contributed by atoms with Gasteiger partial charge in [0.25, 0.3) is 0 Å². The van der Waals surface area contributed by atoms with Crippen LogP contribution in [0, 0.1) is 0 Å². The molecule has 1 unspecified atom stereocenters. The van der Waals surface area contributed by atoms with Crippen molar-refractivity contribution in [2.24, 2.45) is 0 Å². The highest BCUT2D eigenvalue weighted by Gasteiger charge is 2.23. The predicted octanol–water partition coefficient (Wildman–Crippen LogP) is 2.15. The van der Waals surface area contributed by atoms with E-state index < -0.39 is 15.3 Å². The highest BCUT2D eigenvalue weighted by atomic mass is 32.2. The minimum Gasteiger partial charge on any atom is -0.315 e. The highest BCUT2D eigenvalue weighted by molar-refractivity contribution is 7.93. The number of fused-ring (bicyclic) bond motifs is 1. The largest absolute Gasteiger partial charge is 0.315 e. The number of nitrogens with one attached hydrogen (secondary N) is 2. The van der Waals surface area contributed by atoms with Gasteiger partial charge in [0, 0.05) is 11.4 Å². The van der Waals surface area contributed by atoms with Gasteiger partial charge in [-0.3, -0.25) is 4.72 Å². The first kappa shape index (κ1) is 15.7. The summed E-state index contributed by atoms with van der Waals surface area (Å²) >= 11 is 1.49. The van der Waals surface area contributed by atoms with Crippen molar-refractivity contribution < 1.29 is 8.42 Å². The Balaban J connectivity index is 1.98. The zero-order chi connectivity index (χ0) is 14.6. The van der Waals surface area contributed by atoms with Gasteiger partial charge in [-0.2, -0.15) is 0 Å². The molecule has 0 aliphatic heterocycles. The lowest BCUT2D eigenvalue weighted by molar-refractivity contribution is 0.575. The quantitative estimate of drug-likeness (QED) is 0.756. The van der Waals surface area contributed by atoms with Crippen LogP contribution in [0.5, 0.6) is 0 Å². The molecule has 1 aromatic rings. The zero-order valence-corrected chi connectivity index (χ0v) is 13.7. The molecule has 0 bridgehead atoms. The lowest BCUT2D eigenvalue weighted by Gasteiger charge is -2.13. The number of aromatic nitrogens is 1. The first-order valence-electron chi connectivity index (χ1n) is 7.24. The molecule has 5 nitrogen and oxygen atoms in total. The molecule has 1 aliphatic rings. The summed E-state index contributed by atoms with van der Waals surface area (Å²) in [6.07, 6.45) is 5.34. The summed E-state index contributed by atoms with van der Waals surface area (Å²) in [5, 5.41) is 3.20. The molecule has 7 heteroatoms. The Morgan fingerprint density at radius 3 is 2.80 bits per heavy atom. The van der Waals surface area contributed by atoms with Gasteiger partial charge in [-0.1, -0.05) is 6.92 Å². The second kappa shape index (κ2) is 6.87. The van der Waals surface area contributed by atoms with Crippen LogP contribution in [0.15, 0.2) is 0 Å². The van der Waals surface area contributed by atoms with Crippen LogP contribution in [0.1, 0.15) is 43.7 Å². The molecular weight excluding hydrogens is 294 g/mol. The van der Waals surface area contributed by atoms with Crippen LogP contribution >= 0.6 is 11.3 Å². The summed E-state index contributed by atoms with van der Waals surface area (Å²) in [7, 11) is -3.36. The molecule has 114 valence electrons. The van der Waals surface area contributed by atoms with Gasteiger partial charge >= 0.3 is 0 Å². The SMILES string of the molecule is CCCNCC(C)S(=O)(=O)Nc1nc2c(s1)CCCC2. The number of thiazole rings is 1. The standard InChI is InChI=1S/C13H23N3O2S2/c1-3-8-14-9-10(2)20(17,18)16-13-15-11-6-4-5-7-12(11)19-13/h10,14H,3-9H2,1-2H3,(H,15,16). The summed E-state index contributed by atoms with van der Waals surface area (Å²) in [6, 6.07) is 0. The van der Waals surface area contributed by atoms with Crippen LogP contribution in [0.3, 0.4) is 0 Å². The average molecular weight is 317 g/mol. The van der Waals surface area contributed by atoms with E-state index in [0.717, 1.165) is 37.9 Å². The van der Waals surface area contributed by atoms with E-state index in [4.69, 9.17) is 0 Å². The Kier molecular flexibility index (Phi) is 5.40. The summed E-state index contributed by atoms with van der Waals surface area (Å²) in [5.41, 5.74) is 1.08. The van der Waals surface area contributed by atoms with Crippen LogP contribution < -0.4 is 10.0 Å². The maximum Gasteiger partial charge on any atom is 0.238 e. The Bertz CT molecular complexity index is 516. The Labute approximate surface area is 125 Å². The molecule has 0 saturated carbocycles. The van der Waals surface area contributed by atoms with Gasteiger partial charge in [0.2, 0.25) is 10.0 Å². The monoisotopic (exact) mass is 317 g/mol. The number of nitrogens with zero attached hydrogens (tertiary/aromatic N) is 1. The smallest absolute Gasteiger partial charge is 0.238 e. The van der Waals surface area contributed by atoms with Crippen molar-refractivity contribution in [2.75, 3.05) is 17.8 Å². The number of anilines is 1. The normalized spacial score (nSPS) is 16.7. The van der Waals surface area contributed by atoms with Gasteiger partial charge in [-0.05, 0) is 45.6 Å². The van der Waals surface area contributed by atoms with E-state index in [0.29, 0.717) is 11.7 Å². The Hall–Kier alpha value is -0.660. The van der Waals surface area contributed by atoms with Crippen LogP contribution in [-0.4, -0.2) is 31.7 Å². The van der Waals surface area contributed by atoms with Crippen molar-refractivity contribution in [1.29, 1.82) is 0 Å². The summed E-state index contributed by atoms with van der Waals surface area (Å²) in [6.45, 7) is 5.09. The van der Waals surface area contributed by atoms with Crippen LogP contribution in [0.2, 0.25) is 0 Å². The third-order valence-corrected chi connectivity index (χ3v) is 6.37. The van der Waals surface area contributed by atoms with Crippen molar-refractivity contribution >= 4 is 26.5 Å². The van der Waals surface area contributed by atoms with E-state index in [-0.39, 0.29) is 0 Å². The van der Waals surface area contributed by atoms with E-state index in [9.17, 15) is 8.42 Å². The maximum absolute atomic E-state index is 12.2. The minimum absolute atomic E-state index is 0.463. The van der Waals surface area contributed by atoms with Crippen molar-refractivity contribution in [3.8, 4) is 0 Å². The number of hydrogen-bond donors (Lipinski definition) is 2. The van der Waals surface area contributed by atoms with Crippen molar-refractivity contribution in [3.63, 3.8) is 0 Å². The van der Waals surface area contributed by atoms with E-state index >= 15 is 0 Å². The molecule has 2 N–H and O–H groups in total. The van der Waals surface area contributed by atoms with Gasteiger partial charge < -0.3 is 5.32 Å². The second-order valence-corrected chi connectivity index (χ2v) is 8.44. The summed E-state index contributed by atoms with van der Waals surface area (Å²) < 4.78 is 27.1. The fourth-order valence-corrected chi connectivity index (χ4v) is 4.45. The Morgan fingerprint density at radius 2 is 2.10 bits per heavy atom. The summed E-state index contributed by atoms with van der Waals surface area (Å²) in [5.74, 6) is 0. The molecule has 0 saturated heterocycles. The van der Waals surface area contributed by atoms with Gasteiger partial charge in [0.05, 0.1) is 10.9 Å². The second-order valence-electron chi connectivity index (χ2n) is 5.26. The Morgan fingerprint density at radius 1 is 1.35 bits per heavy atom. The van der Waals surface area contributed by atoms with Gasteiger partial charge in [-0.25, -0.2) is 13.4 Å². The van der Waals surface area contributed by atoms with Crippen molar-refractivity contribution in [3.05, 3.63) is 10.6 Å². The third kappa shape index (κ3) is 3.93. The van der Waals surface area contributed by atoms with Crippen molar-refractivity contribution in [2.45, 2.75) is 51.2 Å². The van der Waals surface area contributed by atoms with Crippen molar-refractivity contribution in [1.82, 2.24) is 10.3 Å².